The summed E-state index contributed by atoms with van der Waals surface area (Å²) in [6.07, 6.45) is 12.0. The number of fused-ring (bicyclic) bond motifs is 3. The Bertz CT molecular complexity index is 1650. The number of carbonyl (C=O) groups is 2. The molecule has 0 aliphatic heterocycles. The quantitative estimate of drug-likeness (QED) is 0.109. The lowest BCUT2D eigenvalue weighted by Gasteiger charge is -2.35. The van der Waals surface area contributed by atoms with E-state index < -0.39 is 11.9 Å². The van der Waals surface area contributed by atoms with Crippen LogP contribution in [0, 0.1) is 23.7 Å². The van der Waals surface area contributed by atoms with Crippen molar-refractivity contribution < 1.29 is 19.8 Å². The van der Waals surface area contributed by atoms with Crippen LogP contribution in [-0.4, -0.2) is 22.2 Å². The van der Waals surface area contributed by atoms with E-state index in [9.17, 15) is 19.8 Å². The summed E-state index contributed by atoms with van der Waals surface area (Å²) < 4.78 is 0. The summed E-state index contributed by atoms with van der Waals surface area (Å²) in [4.78, 5) is 23.2. The lowest BCUT2D eigenvalue weighted by molar-refractivity contribution is 0.0686. The molecule has 4 aromatic rings. The monoisotopic (exact) mass is 686 g/mol. The summed E-state index contributed by atoms with van der Waals surface area (Å²) in [5, 5.41) is 19.1. The summed E-state index contributed by atoms with van der Waals surface area (Å²) in [5.41, 5.74) is 10.1. The van der Waals surface area contributed by atoms with E-state index in [2.05, 4.69) is 77.9 Å². The zero-order chi connectivity index (χ0) is 36.7. The Hall–Kier alpha value is -4.18. The summed E-state index contributed by atoms with van der Waals surface area (Å²) in [5.74, 6) is 0.859. The van der Waals surface area contributed by atoms with Crippen molar-refractivity contribution in [2.45, 2.75) is 111 Å². The lowest BCUT2D eigenvalue weighted by Crippen LogP contribution is -2.27. The Balaban J connectivity index is 1.60. The highest BCUT2D eigenvalue weighted by Gasteiger charge is 2.43. The molecule has 0 aromatic heterocycles. The maximum absolute atomic E-state index is 11.6. The Morgan fingerprint density at radius 1 is 0.490 bits per heavy atom. The van der Waals surface area contributed by atoms with Crippen LogP contribution in [0.15, 0.2) is 84.9 Å². The average molecular weight is 687 g/mol. The van der Waals surface area contributed by atoms with Crippen LogP contribution in [-0.2, 0) is 5.41 Å². The highest BCUT2D eigenvalue weighted by molar-refractivity contribution is 5.90. The van der Waals surface area contributed by atoms with E-state index in [1.807, 2.05) is 24.3 Å². The fraction of sp³-hybridized carbons (Fsp3) is 0.447. The highest BCUT2D eigenvalue weighted by atomic mass is 16.4. The van der Waals surface area contributed by atoms with Gasteiger partial charge in [-0.1, -0.05) is 129 Å². The van der Waals surface area contributed by atoms with E-state index in [1.54, 1.807) is 24.3 Å². The molecule has 0 spiro atoms. The van der Waals surface area contributed by atoms with Gasteiger partial charge in [-0.25, -0.2) is 9.59 Å². The molecule has 51 heavy (non-hydrogen) atoms. The van der Waals surface area contributed by atoms with E-state index in [4.69, 9.17) is 0 Å². The zero-order valence-electron chi connectivity index (χ0n) is 31.7. The molecule has 0 amide bonds. The highest BCUT2D eigenvalue weighted by Crippen LogP contribution is 2.56. The molecule has 0 saturated heterocycles. The molecule has 5 rings (SSSR count). The predicted molar refractivity (Wildman–Crippen MR) is 212 cm³/mol. The van der Waals surface area contributed by atoms with Crippen LogP contribution in [0.2, 0.25) is 0 Å². The topological polar surface area (TPSA) is 74.6 Å². The van der Waals surface area contributed by atoms with Gasteiger partial charge in [0.05, 0.1) is 11.1 Å². The molecule has 0 radical (unpaired) electrons. The summed E-state index contributed by atoms with van der Waals surface area (Å²) >= 11 is 0. The minimum atomic E-state index is -0.914. The Labute approximate surface area is 306 Å². The third kappa shape index (κ3) is 9.19. The van der Waals surface area contributed by atoms with Crippen molar-refractivity contribution in [3.05, 3.63) is 107 Å². The van der Waals surface area contributed by atoms with Gasteiger partial charge in [0.15, 0.2) is 0 Å². The molecular formula is C47H58O4. The van der Waals surface area contributed by atoms with Crippen LogP contribution in [0.5, 0.6) is 0 Å². The van der Waals surface area contributed by atoms with Crippen LogP contribution in [0.4, 0.5) is 0 Å². The molecule has 0 saturated carbocycles. The Morgan fingerprint density at radius 2 is 0.843 bits per heavy atom. The second-order valence-corrected chi connectivity index (χ2v) is 16.3. The van der Waals surface area contributed by atoms with E-state index in [1.165, 1.54) is 60.8 Å². The first kappa shape index (κ1) is 38.1. The van der Waals surface area contributed by atoms with E-state index >= 15 is 0 Å². The van der Waals surface area contributed by atoms with E-state index in [-0.39, 0.29) is 5.41 Å². The molecule has 4 aromatic carbocycles. The van der Waals surface area contributed by atoms with E-state index in [0.717, 1.165) is 59.8 Å². The molecule has 2 atom stereocenters. The average Bonchev–Trinajstić information content (AvgIpc) is 3.38. The SMILES string of the molecule is CC(C)CCCC(C)CCC1(CCC(C)CCCC(C)C)c2cc(-c3ccc(C(=O)O)cc3)ccc2-c2ccc(-c3ccc(C(=O)O)cc3)cc21. The van der Waals surface area contributed by atoms with Gasteiger partial charge in [0.2, 0.25) is 0 Å². The van der Waals surface area contributed by atoms with Gasteiger partial charge in [0.1, 0.15) is 0 Å². The lowest BCUT2D eigenvalue weighted by atomic mass is 9.68. The van der Waals surface area contributed by atoms with Crippen LogP contribution < -0.4 is 0 Å². The van der Waals surface area contributed by atoms with Gasteiger partial charge in [-0.05, 0) is 130 Å². The molecule has 2 unspecified atom stereocenters. The van der Waals surface area contributed by atoms with Crippen molar-refractivity contribution in [1.29, 1.82) is 0 Å². The summed E-state index contributed by atoms with van der Waals surface area (Å²) in [7, 11) is 0. The van der Waals surface area contributed by atoms with Gasteiger partial charge < -0.3 is 10.2 Å². The molecule has 0 heterocycles. The molecule has 270 valence electrons. The molecule has 1 aliphatic carbocycles. The molecule has 0 bridgehead atoms. The Morgan fingerprint density at radius 3 is 1.18 bits per heavy atom. The van der Waals surface area contributed by atoms with Crippen molar-refractivity contribution >= 4 is 11.9 Å². The van der Waals surface area contributed by atoms with Gasteiger partial charge >= 0.3 is 11.9 Å². The standard InChI is InChI=1S/C47H58O4/c1-31(2)9-7-11-33(5)25-27-47(28-26-34(6)12-8-10-32(3)4)43-29-39(35-13-17-37(18-14-35)45(48)49)21-23-41(43)42-24-22-40(30-44(42)47)36-15-19-38(20-16-36)46(50)51/h13-24,29-34H,7-12,25-28H2,1-6H3,(H,48,49)(H,50,51). The number of hydrogen-bond acceptors (Lipinski definition) is 2. The van der Waals surface area contributed by atoms with Gasteiger partial charge in [-0.2, -0.15) is 0 Å². The van der Waals surface area contributed by atoms with Gasteiger partial charge in [0, 0.05) is 5.41 Å². The molecule has 1 aliphatic rings. The largest absolute Gasteiger partial charge is 0.478 e. The molecular weight excluding hydrogens is 629 g/mol. The maximum atomic E-state index is 11.6. The van der Waals surface area contributed by atoms with Crippen molar-refractivity contribution in [1.82, 2.24) is 0 Å². The third-order valence-electron chi connectivity index (χ3n) is 11.4. The number of hydrogen-bond donors (Lipinski definition) is 2. The zero-order valence-corrected chi connectivity index (χ0v) is 31.7. The smallest absolute Gasteiger partial charge is 0.335 e. The van der Waals surface area contributed by atoms with Crippen molar-refractivity contribution in [3.63, 3.8) is 0 Å². The third-order valence-corrected chi connectivity index (χ3v) is 11.4. The fourth-order valence-electron chi connectivity index (χ4n) is 8.15. The summed E-state index contributed by atoms with van der Waals surface area (Å²) in [6.45, 7) is 14.1. The second kappa shape index (κ2) is 16.9. The van der Waals surface area contributed by atoms with Gasteiger partial charge in [-0.3, -0.25) is 0 Å². The predicted octanol–water partition coefficient (Wildman–Crippen LogP) is 13.2. The number of carboxylic acids is 2. The molecule has 4 heteroatoms. The van der Waals surface area contributed by atoms with Gasteiger partial charge in [-0.15, -0.1) is 0 Å². The summed E-state index contributed by atoms with van der Waals surface area (Å²) in [6, 6.07) is 28.3. The van der Waals surface area contributed by atoms with Crippen molar-refractivity contribution in [2.75, 3.05) is 0 Å². The van der Waals surface area contributed by atoms with E-state index in [0.29, 0.717) is 23.0 Å². The van der Waals surface area contributed by atoms with Crippen LogP contribution in [0.25, 0.3) is 33.4 Å². The first-order chi connectivity index (χ1) is 24.4. The van der Waals surface area contributed by atoms with Crippen LogP contribution in [0.3, 0.4) is 0 Å². The molecule has 0 fully saturated rings. The number of aromatic carboxylic acids is 2. The van der Waals surface area contributed by atoms with Crippen LogP contribution in [0.1, 0.15) is 138 Å². The normalized spacial score (nSPS) is 14.4. The van der Waals surface area contributed by atoms with Crippen molar-refractivity contribution in [3.8, 4) is 33.4 Å². The number of carboxylic acid groups (broad SMARTS) is 2. The number of rotatable bonds is 18. The second-order valence-electron chi connectivity index (χ2n) is 16.3. The number of benzene rings is 4. The maximum Gasteiger partial charge on any atom is 0.335 e. The van der Waals surface area contributed by atoms with Crippen LogP contribution >= 0.6 is 0 Å². The Kier molecular flexibility index (Phi) is 12.6. The van der Waals surface area contributed by atoms with Gasteiger partial charge in [0.25, 0.3) is 0 Å². The molecule has 2 N–H and O–H groups in total. The first-order valence-electron chi connectivity index (χ1n) is 19.3. The molecule has 4 nitrogen and oxygen atoms in total. The first-order valence-corrected chi connectivity index (χ1v) is 19.3. The fourth-order valence-corrected chi connectivity index (χ4v) is 8.15. The minimum absolute atomic E-state index is 0.169. The van der Waals surface area contributed by atoms with Crippen molar-refractivity contribution in [2.24, 2.45) is 23.7 Å². The minimum Gasteiger partial charge on any atom is -0.478 e.